The zero-order valence-electron chi connectivity index (χ0n) is 15.9. The molecule has 28 heavy (non-hydrogen) atoms. The minimum atomic E-state index is 0.0211. The van der Waals surface area contributed by atoms with Crippen molar-refractivity contribution < 1.29 is 0 Å². The van der Waals surface area contributed by atoms with Crippen molar-refractivity contribution in [3.8, 4) is 22.5 Å². The number of hydrogen-bond acceptors (Lipinski definition) is 3. The van der Waals surface area contributed by atoms with E-state index < -0.39 is 0 Å². The second-order valence-electron chi connectivity index (χ2n) is 6.84. The van der Waals surface area contributed by atoms with Gasteiger partial charge in [-0.2, -0.15) is 4.80 Å². The Morgan fingerprint density at radius 3 is 2.29 bits per heavy atom. The Morgan fingerprint density at radius 1 is 0.893 bits per heavy atom. The van der Waals surface area contributed by atoms with E-state index in [0.29, 0.717) is 5.82 Å². The zero-order valence-corrected chi connectivity index (χ0v) is 17.5. The fraction of sp³-hybridized carbons (Fsp3) is 0.174. The molecule has 3 aromatic carbocycles. The molecule has 0 aliphatic carbocycles. The van der Waals surface area contributed by atoms with Crippen molar-refractivity contribution in [2.24, 2.45) is 0 Å². The average molecular weight is 433 g/mol. The fourth-order valence-corrected chi connectivity index (χ4v) is 3.75. The minimum absolute atomic E-state index is 0.0211. The lowest BCUT2D eigenvalue weighted by Gasteiger charge is -2.12. The molecule has 1 unspecified atom stereocenters. The van der Waals surface area contributed by atoms with Gasteiger partial charge in [-0.15, -0.1) is 10.2 Å². The van der Waals surface area contributed by atoms with Gasteiger partial charge >= 0.3 is 0 Å². The van der Waals surface area contributed by atoms with Crippen LogP contribution in [0.25, 0.3) is 22.5 Å². The van der Waals surface area contributed by atoms with Gasteiger partial charge in [0.1, 0.15) is 0 Å². The smallest absolute Gasteiger partial charge is 0.156 e. The summed E-state index contributed by atoms with van der Waals surface area (Å²) >= 11 is 3.50. The summed E-state index contributed by atoms with van der Waals surface area (Å²) in [6.45, 7) is 4.20. The number of aromatic nitrogens is 4. The Hall–Kier alpha value is -2.79. The molecule has 4 aromatic rings. The van der Waals surface area contributed by atoms with E-state index in [2.05, 4.69) is 82.6 Å². The first-order valence-corrected chi connectivity index (χ1v) is 10.4. The molecular formula is C23H21BrN4. The lowest BCUT2D eigenvalue weighted by atomic mass is 9.98. The van der Waals surface area contributed by atoms with Crippen LogP contribution in [-0.2, 0) is 5.33 Å². The summed E-state index contributed by atoms with van der Waals surface area (Å²) in [5.74, 6) is 0.639. The van der Waals surface area contributed by atoms with Gasteiger partial charge in [0.05, 0.1) is 6.04 Å². The molecule has 0 spiro atoms. The van der Waals surface area contributed by atoms with Crippen LogP contribution in [0.1, 0.15) is 29.7 Å². The highest BCUT2D eigenvalue weighted by Crippen LogP contribution is 2.30. The number of benzene rings is 3. The van der Waals surface area contributed by atoms with Crippen LogP contribution in [-0.4, -0.2) is 20.2 Å². The van der Waals surface area contributed by atoms with Gasteiger partial charge in [0.15, 0.2) is 0 Å². The van der Waals surface area contributed by atoms with Crippen molar-refractivity contribution >= 4 is 15.9 Å². The van der Waals surface area contributed by atoms with E-state index in [9.17, 15) is 0 Å². The van der Waals surface area contributed by atoms with Crippen LogP contribution in [0.4, 0.5) is 0 Å². The minimum Gasteiger partial charge on any atom is -0.156 e. The Balaban J connectivity index is 1.70. The molecule has 1 atom stereocenters. The van der Waals surface area contributed by atoms with E-state index in [0.717, 1.165) is 22.0 Å². The van der Waals surface area contributed by atoms with E-state index in [1.807, 2.05) is 30.3 Å². The van der Waals surface area contributed by atoms with Gasteiger partial charge in [-0.05, 0) is 46.9 Å². The van der Waals surface area contributed by atoms with E-state index >= 15 is 0 Å². The monoisotopic (exact) mass is 432 g/mol. The average Bonchev–Trinajstić information content (AvgIpc) is 3.24. The highest BCUT2D eigenvalue weighted by Gasteiger charge is 2.16. The molecular weight excluding hydrogens is 412 g/mol. The van der Waals surface area contributed by atoms with E-state index in [1.54, 1.807) is 4.80 Å². The maximum Gasteiger partial charge on any atom is 0.205 e. The molecule has 0 aliphatic heterocycles. The summed E-state index contributed by atoms with van der Waals surface area (Å²) in [6.07, 6.45) is 0. The maximum atomic E-state index is 4.70. The highest BCUT2D eigenvalue weighted by atomic mass is 79.9. The third-order valence-electron chi connectivity index (χ3n) is 5.00. The zero-order chi connectivity index (χ0) is 19.5. The summed E-state index contributed by atoms with van der Waals surface area (Å²) in [5.41, 5.74) is 6.90. The van der Waals surface area contributed by atoms with Gasteiger partial charge in [0, 0.05) is 10.9 Å². The highest BCUT2D eigenvalue weighted by molar-refractivity contribution is 9.08. The molecule has 0 fully saturated rings. The molecule has 0 amide bonds. The SMILES string of the molecule is Cc1ccccc1C(C)n1nnc(-c2ccccc2-c2ccc(CBr)cc2)n1. The molecule has 0 bridgehead atoms. The molecule has 5 heteroatoms. The van der Waals surface area contributed by atoms with Crippen molar-refractivity contribution in [1.82, 2.24) is 20.2 Å². The van der Waals surface area contributed by atoms with Crippen molar-refractivity contribution in [3.05, 3.63) is 89.5 Å². The van der Waals surface area contributed by atoms with Crippen LogP contribution in [0, 0.1) is 6.92 Å². The maximum absolute atomic E-state index is 4.70. The molecule has 0 radical (unpaired) electrons. The summed E-state index contributed by atoms with van der Waals surface area (Å²) < 4.78 is 0. The summed E-state index contributed by atoms with van der Waals surface area (Å²) in [4.78, 5) is 1.70. The van der Waals surface area contributed by atoms with Crippen LogP contribution in [0.15, 0.2) is 72.8 Å². The van der Waals surface area contributed by atoms with Gasteiger partial charge in [-0.25, -0.2) is 0 Å². The number of halogens is 1. The fourth-order valence-electron chi connectivity index (χ4n) is 3.38. The molecule has 0 saturated carbocycles. The second-order valence-corrected chi connectivity index (χ2v) is 7.40. The van der Waals surface area contributed by atoms with Crippen molar-refractivity contribution in [3.63, 3.8) is 0 Å². The topological polar surface area (TPSA) is 43.6 Å². The number of tetrazole rings is 1. The number of rotatable bonds is 5. The summed E-state index contributed by atoms with van der Waals surface area (Å²) in [5, 5.41) is 14.3. The number of alkyl halides is 1. The molecule has 0 saturated heterocycles. The van der Waals surface area contributed by atoms with Gasteiger partial charge in [0.25, 0.3) is 0 Å². The van der Waals surface area contributed by atoms with Gasteiger partial charge < -0.3 is 0 Å². The first-order chi connectivity index (χ1) is 13.7. The molecule has 0 aliphatic rings. The predicted molar refractivity (Wildman–Crippen MR) is 116 cm³/mol. The summed E-state index contributed by atoms with van der Waals surface area (Å²) in [7, 11) is 0. The number of aryl methyl sites for hydroxylation is 1. The Kier molecular flexibility index (Phi) is 5.35. The van der Waals surface area contributed by atoms with Crippen LogP contribution in [0.3, 0.4) is 0 Å². The van der Waals surface area contributed by atoms with Crippen LogP contribution < -0.4 is 0 Å². The Bertz CT molecular complexity index is 1090. The van der Waals surface area contributed by atoms with Crippen LogP contribution >= 0.6 is 15.9 Å². The predicted octanol–water partition coefficient (Wildman–Crippen LogP) is 5.82. The number of hydrogen-bond donors (Lipinski definition) is 0. The first-order valence-electron chi connectivity index (χ1n) is 9.27. The lowest BCUT2D eigenvalue weighted by molar-refractivity contribution is 0.479. The normalized spacial score (nSPS) is 12.1. The van der Waals surface area contributed by atoms with E-state index in [4.69, 9.17) is 5.10 Å². The summed E-state index contributed by atoms with van der Waals surface area (Å²) in [6, 6.07) is 25.1. The lowest BCUT2D eigenvalue weighted by Crippen LogP contribution is -2.11. The first kappa shape index (κ1) is 18.6. The third-order valence-corrected chi connectivity index (χ3v) is 5.65. The van der Waals surface area contributed by atoms with Crippen molar-refractivity contribution in [1.29, 1.82) is 0 Å². The van der Waals surface area contributed by atoms with Gasteiger partial charge in [-0.1, -0.05) is 88.7 Å². The molecule has 1 heterocycles. The van der Waals surface area contributed by atoms with E-state index in [1.165, 1.54) is 16.7 Å². The van der Waals surface area contributed by atoms with Gasteiger partial charge in [0.2, 0.25) is 5.82 Å². The third kappa shape index (κ3) is 3.62. The quantitative estimate of drug-likeness (QED) is 0.373. The molecule has 4 rings (SSSR count). The molecule has 0 N–H and O–H groups in total. The van der Waals surface area contributed by atoms with Gasteiger partial charge in [-0.3, -0.25) is 0 Å². The Labute approximate surface area is 173 Å². The molecule has 1 aromatic heterocycles. The Morgan fingerprint density at radius 2 is 1.57 bits per heavy atom. The van der Waals surface area contributed by atoms with Crippen LogP contribution in [0.5, 0.6) is 0 Å². The van der Waals surface area contributed by atoms with Crippen molar-refractivity contribution in [2.45, 2.75) is 25.2 Å². The number of nitrogens with zero attached hydrogens (tertiary/aromatic N) is 4. The second kappa shape index (κ2) is 8.07. The van der Waals surface area contributed by atoms with Crippen LogP contribution in [0.2, 0.25) is 0 Å². The standard InChI is InChI=1S/C23H21BrN4/c1-16-7-3-4-8-20(16)17(2)28-26-23(25-27-28)22-10-6-5-9-21(22)19-13-11-18(15-24)12-14-19/h3-14,17H,15H2,1-2H3. The largest absolute Gasteiger partial charge is 0.205 e. The van der Waals surface area contributed by atoms with Crippen molar-refractivity contribution in [2.75, 3.05) is 0 Å². The van der Waals surface area contributed by atoms with E-state index in [-0.39, 0.29) is 6.04 Å². The molecule has 4 nitrogen and oxygen atoms in total. The molecule has 140 valence electrons.